The van der Waals surface area contributed by atoms with E-state index in [9.17, 15) is 14.4 Å². The molecule has 192 valence electrons. The number of hydrogen-bond donors (Lipinski definition) is 1. The first-order valence-electron chi connectivity index (χ1n) is 12.1. The summed E-state index contributed by atoms with van der Waals surface area (Å²) >= 11 is 2.35. The van der Waals surface area contributed by atoms with Crippen LogP contribution in [0.3, 0.4) is 0 Å². The van der Waals surface area contributed by atoms with Gasteiger partial charge < -0.3 is 14.5 Å². The third-order valence-electron chi connectivity index (χ3n) is 6.90. The summed E-state index contributed by atoms with van der Waals surface area (Å²) in [6.07, 6.45) is 0. The number of aromatic amines is 1. The van der Waals surface area contributed by atoms with E-state index in [-0.39, 0.29) is 16.7 Å². The zero-order valence-electron chi connectivity index (χ0n) is 20.7. The Labute approximate surface area is 227 Å². The zero-order chi connectivity index (χ0) is 26.4. The minimum atomic E-state index is -0.657. The Bertz CT molecular complexity index is 1580. The van der Waals surface area contributed by atoms with Crippen LogP contribution in [-0.4, -0.2) is 29.2 Å². The number of H-pyrrole nitrogens is 1. The summed E-state index contributed by atoms with van der Waals surface area (Å²) in [5.74, 6) is -0.592. The molecule has 2 aliphatic rings. The van der Waals surface area contributed by atoms with Crippen LogP contribution in [0.15, 0.2) is 82.6 Å². The van der Waals surface area contributed by atoms with E-state index in [2.05, 4.69) is 4.98 Å². The van der Waals surface area contributed by atoms with Crippen molar-refractivity contribution in [1.82, 2.24) is 4.98 Å². The lowest BCUT2D eigenvalue weighted by Crippen LogP contribution is -2.32. The maximum atomic E-state index is 13.8. The summed E-state index contributed by atoms with van der Waals surface area (Å²) in [5.41, 5.74) is 3.54. The van der Waals surface area contributed by atoms with Crippen molar-refractivity contribution in [2.24, 2.45) is 5.92 Å². The Morgan fingerprint density at radius 3 is 2.42 bits per heavy atom. The molecular weight excluding hydrogens is 520 g/mol. The number of benzene rings is 3. The van der Waals surface area contributed by atoms with Crippen molar-refractivity contribution in [2.45, 2.75) is 29.7 Å². The van der Waals surface area contributed by atoms with E-state index in [0.717, 1.165) is 27.3 Å². The van der Waals surface area contributed by atoms with Gasteiger partial charge >= 0.3 is 4.87 Å². The van der Waals surface area contributed by atoms with Crippen molar-refractivity contribution < 1.29 is 19.1 Å². The number of fused-ring (bicyclic) bond motifs is 2. The molecule has 0 aliphatic carbocycles. The van der Waals surface area contributed by atoms with Crippen molar-refractivity contribution in [3.05, 3.63) is 104 Å². The number of nitrogens with zero attached hydrogens (tertiary/aromatic N) is 1. The van der Waals surface area contributed by atoms with Gasteiger partial charge in [0, 0.05) is 10.8 Å². The number of nitrogens with one attached hydrogen (secondary N) is 1. The smallest absolute Gasteiger partial charge is 0.305 e. The first kappa shape index (κ1) is 24.5. The second-order valence-corrected chi connectivity index (χ2v) is 11.4. The van der Waals surface area contributed by atoms with E-state index in [1.807, 2.05) is 55.5 Å². The minimum absolute atomic E-state index is 0.211. The Morgan fingerprint density at radius 2 is 1.68 bits per heavy atom. The highest BCUT2D eigenvalue weighted by molar-refractivity contribution is 8.00. The van der Waals surface area contributed by atoms with Crippen LogP contribution in [0.4, 0.5) is 5.69 Å². The number of thiazole rings is 1. The first-order chi connectivity index (χ1) is 18.4. The van der Waals surface area contributed by atoms with Crippen molar-refractivity contribution >= 4 is 40.6 Å². The molecule has 0 spiro atoms. The predicted octanol–water partition coefficient (Wildman–Crippen LogP) is 5.13. The number of hydrogen-bond acceptors (Lipinski definition) is 7. The average Bonchev–Trinajstić information content (AvgIpc) is 3.42. The maximum absolute atomic E-state index is 13.8. The Morgan fingerprint density at radius 1 is 0.921 bits per heavy atom. The molecule has 2 amide bonds. The lowest BCUT2D eigenvalue weighted by atomic mass is 9.83. The Hall–Kier alpha value is -3.82. The quantitative estimate of drug-likeness (QED) is 0.339. The predicted molar refractivity (Wildman–Crippen MR) is 147 cm³/mol. The van der Waals surface area contributed by atoms with Gasteiger partial charge in [-0.15, -0.1) is 0 Å². The highest BCUT2D eigenvalue weighted by Gasteiger charge is 2.56. The minimum Gasteiger partial charge on any atom is -0.493 e. The van der Waals surface area contributed by atoms with E-state index in [4.69, 9.17) is 9.47 Å². The molecule has 0 unspecified atom stereocenters. The zero-order valence-corrected chi connectivity index (χ0v) is 22.3. The number of rotatable bonds is 6. The van der Waals surface area contributed by atoms with Gasteiger partial charge in [0.15, 0.2) is 11.5 Å². The molecule has 3 atom stereocenters. The number of para-hydroxylation sites is 1. The van der Waals surface area contributed by atoms with Gasteiger partial charge in [0.25, 0.3) is 0 Å². The van der Waals surface area contributed by atoms with Crippen molar-refractivity contribution in [2.75, 3.05) is 12.0 Å². The van der Waals surface area contributed by atoms with Crippen LogP contribution in [0.1, 0.15) is 27.5 Å². The highest BCUT2D eigenvalue weighted by atomic mass is 32.2. The van der Waals surface area contributed by atoms with Gasteiger partial charge in [0.1, 0.15) is 11.9 Å². The van der Waals surface area contributed by atoms with Gasteiger partial charge in [-0.25, -0.2) is 4.90 Å². The summed E-state index contributed by atoms with van der Waals surface area (Å²) in [5, 5.41) is -0.00473. The average molecular weight is 545 g/mol. The Balaban J connectivity index is 1.37. The maximum Gasteiger partial charge on any atom is 0.305 e. The first-order valence-corrected chi connectivity index (χ1v) is 13.8. The van der Waals surface area contributed by atoms with Crippen LogP contribution in [-0.2, 0) is 16.2 Å². The number of ether oxygens (including phenoxy) is 2. The third kappa shape index (κ3) is 4.21. The molecule has 3 aromatic carbocycles. The van der Waals surface area contributed by atoms with Crippen LogP contribution in [0.5, 0.6) is 11.5 Å². The van der Waals surface area contributed by atoms with Crippen LogP contribution < -0.4 is 19.2 Å². The molecule has 38 heavy (non-hydrogen) atoms. The second-order valence-electron chi connectivity index (χ2n) is 9.28. The molecule has 0 saturated carbocycles. The van der Waals surface area contributed by atoms with Crippen molar-refractivity contribution in [3.63, 3.8) is 0 Å². The summed E-state index contributed by atoms with van der Waals surface area (Å²) < 4.78 is 11.7. The monoisotopic (exact) mass is 544 g/mol. The van der Waals surface area contributed by atoms with Crippen molar-refractivity contribution in [3.8, 4) is 11.5 Å². The molecule has 9 heteroatoms. The molecule has 6 rings (SSSR count). The van der Waals surface area contributed by atoms with E-state index >= 15 is 0 Å². The lowest BCUT2D eigenvalue weighted by Gasteiger charge is -2.30. The summed E-state index contributed by atoms with van der Waals surface area (Å²) in [7, 11) is 1.57. The molecule has 0 bridgehead atoms. The van der Waals surface area contributed by atoms with Gasteiger partial charge in [-0.05, 0) is 42.3 Å². The Kier molecular flexibility index (Phi) is 6.33. The second kappa shape index (κ2) is 9.81. The molecule has 7 nitrogen and oxygen atoms in total. The summed E-state index contributed by atoms with van der Waals surface area (Å²) in [6, 6.07) is 22.6. The van der Waals surface area contributed by atoms with E-state index < -0.39 is 17.1 Å². The normalized spacial score (nSPS) is 20.3. The van der Waals surface area contributed by atoms with Gasteiger partial charge in [-0.2, -0.15) is 0 Å². The molecular formula is C29H24N2O5S2. The van der Waals surface area contributed by atoms with Crippen LogP contribution >= 0.6 is 23.1 Å². The molecule has 1 aromatic heterocycles. The molecule has 4 aromatic rings. The molecule has 3 heterocycles. The van der Waals surface area contributed by atoms with E-state index in [0.29, 0.717) is 28.8 Å². The van der Waals surface area contributed by atoms with E-state index in [1.165, 1.54) is 22.2 Å². The molecule has 1 N–H and O–H groups in total. The lowest BCUT2D eigenvalue weighted by molar-refractivity contribution is -0.122. The standard InChI is InChI=1S/C29H24N2O5S2/c1-16-8-10-17(11-9-16)15-36-20-13-12-18(14-21(20)35-2)22-23-25(37-26-24(22)38-29(34)30-26)28(33)31(27(23)32)19-6-4-3-5-7-19/h3-14,22-23,25H,15H2,1-2H3,(H,30,34)/t22-,23-,25+/m0/s1. The number of methoxy groups -OCH3 is 1. The third-order valence-corrected chi connectivity index (χ3v) is 9.30. The van der Waals surface area contributed by atoms with Gasteiger partial charge in [0.05, 0.1) is 23.7 Å². The van der Waals surface area contributed by atoms with Crippen molar-refractivity contribution in [1.29, 1.82) is 0 Å². The van der Waals surface area contributed by atoms with Crippen LogP contribution in [0, 0.1) is 12.8 Å². The van der Waals surface area contributed by atoms with Gasteiger partial charge in [-0.3, -0.25) is 14.4 Å². The molecule has 0 radical (unpaired) electrons. The van der Waals surface area contributed by atoms with Gasteiger partial charge in [-0.1, -0.05) is 77.2 Å². The number of carbonyl (C=O) groups is 2. The number of imide groups is 1. The number of carbonyl (C=O) groups excluding carboxylic acids is 2. The number of aryl methyl sites for hydroxylation is 1. The van der Waals surface area contributed by atoms with Crippen LogP contribution in [0.25, 0.3) is 0 Å². The highest BCUT2D eigenvalue weighted by Crippen LogP contribution is 2.53. The molecule has 1 fully saturated rings. The number of aromatic nitrogens is 1. The summed E-state index contributed by atoms with van der Waals surface area (Å²) in [4.78, 5) is 44.4. The number of anilines is 1. The topological polar surface area (TPSA) is 88.7 Å². The number of thioether (sulfide) groups is 1. The fraction of sp³-hybridized carbons (Fsp3) is 0.207. The summed E-state index contributed by atoms with van der Waals surface area (Å²) in [6.45, 7) is 2.42. The molecule has 2 aliphatic heterocycles. The molecule has 1 saturated heterocycles. The fourth-order valence-electron chi connectivity index (χ4n) is 5.05. The fourth-order valence-corrected chi connectivity index (χ4v) is 7.57. The number of amides is 2. The van der Waals surface area contributed by atoms with Gasteiger partial charge in [0.2, 0.25) is 11.8 Å². The van der Waals surface area contributed by atoms with E-state index in [1.54, 1.807) is 31.4 Å². The van der Waals surface area contributed by atoms with Crippen LogP contribution in [0.2, 0.25) is 0 Å². The SMILES string of the molecule is COc1cc([C@@H]2c3sc(=O)[nH]c3S[C@H]3C(=O)N(c4ccccc4)C(=O)[C@@H]23)ccc1OCc1ccc(C)cc1. The largest absolute Gasteiger partial charge is 0.493 e.